The zero-order valence-electron chi connectivity index (χ0n) is 24.1. The maximum Gasteiger partial charge on any atom is 3.00 e. The van der Waals surface area contributed by atoms with Crippen LogP contribution in [0.15, 0.2) is 0 Å². The second-order valence-electron chi connectivity index (χ2n) is 11.8. The van der Waals surface area contributed by atoms with Crippen molar-refractivity contribution >= 4 is 35.3 Å². The van der Waals surface area contributed by atoms with Gasteiger partial charge in [-0.15, -0.1) is 0 Å². The molecule has 0 aliphatic carbocycles. The first-order chi connectivity index (χ1) is 15.8. The van der Waals surface area contributed by atoms with Gasteiger partial charge in [-0.2, -0.15) is 0 Å². The number of aliphatic hydroxyl groups is 1. The number of rotatable bonds is 9. The third kappa shape index (κ3) is 55.8. The van der Waals surface area contributed by atoms with E-state index < -0.39 is 37.2 Å². The molecular weight excluding hydrogens is 520 g/mol. The van der Waals surface area contributed by atoms with E-state index in [-0.39, 0.29) is 61.9 Å². The van der Waals surface area contributed by atoms with Crippen molar-refractivity contribution < 1.29 is 70.9 Å². The number of aliphatic hydroxyl groups excluding tert-OH is 1. The molecule has 0 heterocycles. The zero-order chi connectivity index (χ0) is 29.9. The molecule has 10 nitrogen and oxygen atoms in total. The van der Waals surface area contributed by atoms with Gasteiger partial charge in [0.25, 0.3) is 0 Å². The number of Topliss-reactive ketones (excluding diaryl/α,β-unsaturated/α-hetero) is 3. The number of carbonyl (C=O) groups is 6. The summed E-state index contributed by atoms with van der Waals surface area (Å²) in [6.45, 7) is 18.9. The van der Waals surface area contributed by atoms with Crippen LogP contribution in [0.5, 0.6) is 0 Å². The van der Waals surface area contributed by atoms with Crippen molar-refractivity contribution in [1.29, 1.82) is 0 Å². The van der Waals surface area contributed by atoms with Crippen LogP contribution in [-0.2, 0) is 50.5 Å². The number of carboxylic acids is 3. The Labute approximate surface area is 236 Å². The van der Waals surface area contributed by atoms with Crippen LogP contribution in [-0.4, -0.2) is 47.0 Å². The van der Waals surface area contributed by atoms with E-state index in [0.717, 1.165) is 0 Å². The molecule has 0 spiro atoms. The maximum atomic E-state index is 10.8. The second kappa shape index (κ2) is 22.1. The SMILES string of the molecule is CC(C)(C)CC(=O)CC(=O)[O-].CC(C)(C)CC(=O)CC(=O)[O-].CC(C)(C)CC(=O)CC(=O)[O-].CCO.[Ti+3]. The maximum absolute atomic E-state index is 10.8. The number of hydrogen-bond acceptors (Lipinski definition) is 10. The Morgan fingerprint density at radius 3 is 0.730 bits per heavy atom. The largest absolute Gasteiger partial charge is 3.00 e. The molecule has 0 amide bonds. The molecule has 0 bridgehead atoms. The van der Waals surface area contributed by atoms with Crippen molar-refractivity contribution in [3.8, 4) is 0 Å². The molecule has 213 valence electrons. The normalized spacial score (nSPS) is 10.5. The van der Waals surface area contributed by atoms with E-state index >= 15 is 0 Å². The second-order valence-corrected chi connectivity index (χ2v) is 11.8. The molecule has 0 aromatic heterocycles. The minimum absolute atomic E-state index is 0. The van der Waals surface area contributed by atoms with E-state index in [1.807, 2.05) is 62.3 Å². The first-order valence-corrected chi connectivity index (χ1v) is 11.6. The molecule has 0 rings (SSSR count). The Morgan fingerprint density at radius 2 is 0.649 bits per heavy atom. The van der Waals surface area contributed by atoms with Crippen molar-refractivity contribution in [2.75, 3.05) is 6.61 Å². The van der Waals surface area contributed by atoms with Crippen LogP contribution in [0, 0.1) is 16.2 Å². The first kappa shape index (κ1) is 45.0. The number of carboxylic acid groups (broad SMARTS) is 3. The number of ketones is 3. The van der Waals surface area contributed by atoms with Gasteiger partial charge in [-0.25, -0.2) is 0 Å². The molecule has 0 unspecified atom stereocenters. The molecule has 1 N–H and O–H groups in total. The molecule has 1 radical (unpaired) electrons. The van der Waals surface area contributed by atoms with Crippen LogP contribution in [0.3, 0.4) is 0 Å². The van der Waals surface area contributed by atoms with Crippen molar-refractivity contribution in [2.24, 2.45) is 16.2 Å². The minimum Gasteiger partial charge on any atom is -0.550 e. The molecule has 37 heavy (non-hydrogen) atoms. The number of carbonyl (C=O) groups excluding carboxylic acids is 6. The summed E-state index contributed by atoms with van der Waals surface area (Å²) in [5.74, 6) is -4.68. The third-order valence-electron chi connectivity index (χ3n) is 3.21. The van der Waals surface area contributed by atoms with Crippen LogP contribution in [0.1, 0.15) is 108 Å². The van der Waals surface area contributed by atoms with Gasteiger partial charge in [-0.05, 0) is 23.2 Å². The standard InChI is InChI=1S/3C8H14O3.C2H6O.Ti/c3*1-8(2,3)5-6(9)4-7(10)11;1-2-3;/h3*4-5H2,1-3H3,(H,10,11);3H,2H2,1H3;/q;;;;+3/p-3. The average molecular weight is 566 g/mol. The van der Waals surface area contributed by atoms with Gasteiger partial charge < -0.3 is 34.8 Å². The third-order valence-corrected chi connectivity index (χ3v) is 3.21. The summed E-state index contributed by atoms with van der Waals surface area (Å²) >= 11 is 0. The fourth-order valence-corrected chi connectivity index (χ4v) is 2.44. The van der Waals surface area contributed by atoms with E-state index in [9.17, 15) is 44.1 Å². The molecule has 0 saturated heterocycles. The van der Waals surface area contributed by atoms with Gasteiger partial charge in [0.1, 0.15) is 17.3 Å². The van der Waals surface area contributed by atoms with Crippen molar-refractivity contribution in [3.63, 3.8) is 0 Å². The van der Waals surface area contributed by atoms with Crippen molar-refractivity contribution in [2.45, 2.75) is 108 Å². The van der Waals surface area contributed by atoms with Crippen molar-refractivity contribution in [1.82, 2.24) is 0 Å². The van der Waals surface area contributed by atoms with Gasteiger partial charge in [0.15, 0.2) is 0 Å². The van der Waals surface area contributed by atoms with E-state index in [2.05, 4.69) is 0 Å². The number of hydrogen-bond donors (Lipinski definition) is 1. The van der Waals surface area contributed by atoms with Crippen LogP contribution in [0.25, 0.3) is 0 Å². The predicted octanol–water partition coefficient (Wildman–Crippen LogP) is 0.391. The van der Waals surface area contributed by atoms with Gasteiger partial charge in [0.2, 0.25) is 0 Å². The van der Waals surface area contributed by atoms with E-state index in [1.165, 1.54) is 0 Å². The van der Waals surface area contributed by atoms with E-state index in [0.29, 0.717) is 19.3 Å². The smallest absolute Gasteiger partial charge is 0.550 e. The molecule has 0 atom stereocenters. The Bertz CT molecular complexity index is 613. The quantitative estimate of drug-likeness (QED) is 0.302. The Morgan fingerprint density at radius 1 is 0.514 bits per heavy atom. The molecule has 0 saturated carbocycles. The summed E-state index contributed by atoms with van der Waals surface area (Å²) in [5.41, 5.74) is -0.397. The van der Waals surface area contributed by atoms with Gasteiger partial charge in [0.05, 0.1) is 0 Å². The molecule has 0 aliphatic heterocycles. The molecule has 0 aliphatic rings. The molecular formula is C26H45O10Ti. The Balaban J connectivity index is -0.000000129. The van der Waals surface area contributed by atoms with E-state index in [4.69, 9.17) is 5.11 Å². The molecule has 0 fully saturated rings. The van der Waals surface area contributed by atoms with Crippen LogP contribution >= 0.6 is 0 Å². The molecule has 0 aromatic rings. The summed E-state index contributed by atoms with van der Waals surface area (Å²) in [7, 11) is 0. The van der Waals surface area contributed by atoms with Crippen LogP contribution in [0.4, 0.5) is 0 Å². The summed E-state index contributed by atoms with van der Waals surface area (Å²) in [5, 5.41) is 37.5. The molecule has 0 aromatic carbocycles. The average Bonchev–Trinajstić information content (AvgIpc) is 2.48. The first-order valence-electron chi connectivity index (χ1n) is 11.6. The monoisotopic (exact) mass is 565 g/mol. The molecule has 11 heteroatoms. The summed E-state index contributed by atoms with van der Waals surface area (Å²) in [4.78, 5) is 62.4. The van der Waals surface area contributed by atoms with Gasteiger partial charge >= 0.3 is 21.7 Å². The number of aliphatic carboxylic acids is 3. The van der Waals surface area contributed by atoms with Gasteiger partial charge in [-0.1, -0.05) is 62.3 Å². The fraction of sp³-hybridized carbons (Fsp3) is 0.769. The van der Waals surface area contributed by atoms with Crippen molar-refractivity contribution in [3.05, 3.63) is 0 Å². The Kier molecular flexibility index (Phi) is 26.9. The zero-order valence-corrected chi connectivity index (χ0v) is 25.6. The topological polar surface area (TPSA) is 192 Å². The van der Waals surface area contributed by atoms with Crippen LogP contribution < -0.4 is 15.3 Å². The predicted molar refractivity (Wildman–Crippen MR) is 129 cm³/mol. The van der Waals surface area contributed by atoms with Crippen LogP contribution in [0.2, 0.25) is 0 Å². The minimum atomic E-state index is -1.29. The Hall–Kier alpha value is -1.91. The van der Waals surface area contributed by atoms with Gasteiger partial charge in [0, 0.05) is 63.0 Å². The summed E-state index contributed by atoms with van der Waals surface area (Å²) < 4.78 is 0. The fourth-order valence-electron chi connectivity index (χ4n) is 2.44. The van der Waals surface area contributed by atoms with E-state index in [1.54, 1.807) is 6.92 Å². The summed E-state index contributed by atoms with van der Waals surface area (Å²) in [6, 6.07) is 0. The summed E-state index contributed by atoms with van der Waals surface area (Å²) in [6.07, 6.45) is -0.505. The van der Waals surface area contributed by atoms with Gasteiger partial charge in [-0.3, -0.25) is 14.4 Å².